The van der Waals surface area contributed by atoms with Crippen LogP contribution in [-0.2, 0) is 4.79 Å². The summed E-state index contributed by atoms with van der Waals surface area (Å²) in [6.45, 7) is -2.44. The first kappa shape index (κ1) is 26.4. The topological polar surface area (TPSA) is 83.5 Å². The predicted molar refractivity (Wildman–Crippen MR) is 145 cm³/mol. The molecule has 11 heteroatoms. The van der Waals surface area contributed by atoms with Gasteiger partial charge in [0.2, 0.25) is 0 Å². The number of alkyl halides is 2. The highest BCUT2D eigenvalue weighted by Gasteiger charge is 2.37. The maximum atomic E-state index is 14.2. The van der Waals surface area contributed by atoms with E-state index in [1.807, 2.05) is 0 Å². The second-order valence-corrected chi connectivity index (χ2v) is 9.45. The average Bonchev–Trinajstić information content (AvgIpc) is 3.05. The summed E-state index contributed by atoms with van der Waals surface area (Å²) < 4.78 is 35.0. The van der Waals surface area contributed by atoms with Crippen LogP contribution in [0.3, 0.4) is 0 Å². The van der Waals surface area contributed by atoms with E-state index in [4.69, 9.17) is 16.3 Å². The van der Waals surface area contributed by atoms with Crippen molar-refractivity contribution in [3.63, 3.8) is 0 Å². The Hall–Kier alpha value is -4.18. The summed E-state index contributed by atoms with van der Waals surface area (Å²) in [7, 11) is 1.36. The van der Waals surface area contributed by atoms with Crippen molar-refractivity contribution in [2.24, 2.45) is 5.10 Å². The number of nitrogens with one attached hydrogen (secondary N) is 1. The second kappa shape index (κ2) is 11.3. The van der Waals surface area contributed by atoms with E-state index >= 15 is 0 Å². The van der Waals surface area contributed by atoms with Gasteiger partial charge in [0.05, 0.1) is 36.0 Å². The molecule has 0 radical (unpaired) electrons. The molecule has 202 valence electrons. The number of methoxy groups -OCH3 is 1. The normalized spacial score (nSPS) is 16.9. The van der Waals surface area contributed by atoms with Gasteiger partial charge in [0.25, 0.3) is 11.8 Å². The quantitative estimate of drug-likeness (QED) is 0.374. The van der Waals surface area contributed by atoms with Gasteiger partial charge in [-0.1, -0.05) is 23.7 Å². The Kier molecular flexibility index (Phi) is 7.65. The summed E-state index contributed by atoms with van der Waals surface area (Å²) in [4.78, 5) is 28.8. The average molecular weight is 555 g/mol. The third-order valence-electron chi connectivity index (χ3n) is 6.58. The van der Waals surface area contributed by atoms with Crippen molar-refractivity contribution >= 4 is 46.7 Å². The van der Waals surface area contributed by atoms with Crippen LogP contribution in [0.25, 0.3) is 0 Å². The minimum atomic E-state index is -2.98. The predicted octanol–water partition coefficient (Wildman–Crippen LogP) is 6.07. The van der Waals surface area contributed by atoms with Gasteiger partial charge in [-0.05, 0) is 73.4 Å². The van der Waals surface area contributed by atoms with Crippen LogP contribution in [0.15, 0.2) is 65.8 Å². The van der Waals surface area contributed by atoms with Crippen LogP contribution in [0, 0.1) is 0 Å². The number of carbonyl (C=O) groups is 2. The third kappa shape index (κ3) is 5.51. The first-order valence-corrected chi connectivity index (χ1v) is 12.7. The number of hydrogen-bond acceptors (Lipinski definition) is 6. The first-order chi connectivity index (χ1) is 18.9. The fourth-order valence-electron chi connectivity index (χ4n) is 4.77. The zero-order chi connectivity index (χ0) is 27.5. The molecule has 8 nitrogen and oxygen atoms in total. The Bertz CT molecular complexity index is 1430. The number of hydrazone groups is 1. The number of carbonyl (C=O) groups excluding carboxylic acids is 2. The van der Waals surface area contributed by atoms with E-state index < -0.39 is 12.7 Å². The Balaban J connectivity index is 1.48. The molecule has 0 saturated carbocycles. The zero-order valence-electron chi connectivity index (χ0n) is 20.9. The Morgan fingerprint density at radius 3 is 2.72 bits per heavy atom. The molecule has 0 aliphatic carbocycles. The molecule has 39 heavy (non-hydrogen) atoms. The van der Waals surface area contributed by atoms with Crippen molar-refractivity contribution in [3.05, 3.63) is 76.8 Å². The number of nitrogens with zero attached hydrogens (tertiary/aromatic N) is 3. The van der Waals surface area contributed by atoms with E-state index in [9.17, 15) is 18.4 Å². The van der Waals surface area contributed by atoms with Gasteiger partial charge in [-0.2, -0.15) is 13.9 Å². The molecule has 3 aromatic carbocycles. The molecule has 0 spiro atoms. The van der Waals surface area contributed by atoms with Gasteiger partial charge in [0, 0.05) is 11.6 Å². The van der Waals surface area contributed by atoms with Gasteiger partial charge in [-0.25, -0.2) is 0 Å². The van der Waals surface area contributed by atoms with Crippen LogP contribution in [0.2, 0.25) is 5.02 Å². The Labute approximate surface area is 228 Å². The lowest BCUT2D eigenvalue weighted by Gasteiger charge is -2.36. The fourth-order valence-corrected chi connectivity index (χ4v) is 4.95. The van der Waals surface area contributed by atoms with E-state index in [0.29, 0.717) is 46.2 Å². The number of anilines is 3. The minimum Gasteiger partial charge on any atom is -0.493 e. The number of benzene rings is 3. The molecule has 3 aromatic rings. The molecule has 0 aromatic heterocycles. The van der Waals surface area contributed by atoms with Gasteiger partial charge in [-0.3, -0.25) is 19.5 Å². The number of hydrogen-bond donors (Lipinski definition) is 1. The number of piperidine rings is 1. The van der Waals surface area contributed by atoms with E-state index in [0.717, 1.165) is 12.8 Å². The molecule has 2 aliphatic heterocycles. The van der Waals surface area contributed by atoms with Crippen LogP contribution in [0.5, 0.6) is 11.5 Å². The lowest BCUT2D eigenvalue weighted by atomic mass is 10.0. The summed E-state index contributed by atoms with van der Waals surface area (Å²) in [6, 6.07) is 15.8. The van der Waals surface area contributed by atoms with Crippen LogP contribution < -0.4 is 19.7 Å². The fraction of sp³-hybridized carbons (Fsp3) is 0.250. The van der Waals surface area contributed by atoms with E-state index in [2.05, 4.69) is 15.2 Å². The molecular formula is C28H25ClF2N4O4. The Morgan fingerprint density at radius 2 is 1.92 bits per heavy atom. The molecule has 1 fully saturated rings. The van der Waals surface area contributed by atoms with Gasteiger partial charge >= 0.3 is 6.61 Å². The molecule has 0 bridgehead atoms. The third-order valence-corrected chi connectivity index (χ3v) is 6.81. The van der Waals surface area contributed by atoms with E-state index in [1.54, 1.807) is 64.7 Å². The van der Waals surface area contributed by atoms with Crippen molar-refractivity contribution in [1.29, 1.82) is 0 Å². The summed E-state index contributed by atoms with van der Waals surface area (Å²) in [5.41, 5.74) is 2.36. The van der Waals surface area contributed by atoms with Crippen LogP contribution in [-0.4, -0.2) is 49.3 Å². The molecule has 2 amide bonds. The van der Waals surface area contributed by atoms with Crippen molar-refractivity contribution < 1.29 is 27.8 Å². The Morgan fingerprint density at radius 1 is 1.10 bits per heavy atom. The molecule has 2 aliphatic rings. The maximum absolute atomic E-state index is 14.2. The SMILES string of the molecule is COc1cc(/C=N/N2CCCCC2C(=O)N2c3ccc(Cl)cc3NC(=O)c3ccccc32)ccc1OC(F)F. The number of ether oxygens (including phenoxy) is 2. The summed E-state index contributed by atoms with van der Waals surface area (Å²) in [5.74, 6) is -0.523. The largest absolute Gasteiger partial charge is 0.493 e. The highest BCUT2D eigenvalue weighted by Crippen LogP contribution is 2.40. The highest BCUT2D eigenvalue weighted by molar-refractivity contribution is 6.31. The van der Waals surface area contributed by atoms with E-state index in [-0.39, 0.29) is 23.3 Å². The molecular weight excluding hydrogens is 530 g/mol. The number of rotatable bonds is 6. The summed E-state index contributed by atoms with van der Waals surface area (Å²) in [6.07, 6.45) is 3.78. The number of fused-ring (bicyclic) bond motifs is 2. The van der Waals surface area contributed by atoms with Gasteiger partial charge < -0.3 is 14.8 Å². The number of halogens is 3. The van der Waals surface area contributed by atoms with Crippen molar-refractivity contribution in [3.8, 4) is 11.5 Å². The smallest absolute Gasteiger partial charge is 0.387 e. The van der Waals surface area contributed by atoms with E-state index in [1.165, 1.54) is 19.2 Å². The van der Waals surface area contributed by atoms with Crippen molar-refractivity contribution in [2.75, 3.05) is 23.9 Å². The zero-order valence-corrected chi connectivity index (χ0v) is 21.7. The van der Waals surface area contributed by atoms with Gasteiger partial charge in [0.1, 0.15) is 6.04 Å². The molecule has 5 rings (SSSR count). The molecule has 1 saturated heterocycles. The van der Waals surface area contributed by atoms with Crippen molar-refractivity contribution in [2.45, 2.75) is 31.9 Å². The maximum Gasteiger partial charge on any atom is 0.387 e. The lowest BCUT2D eigenvalue weighted by molar-refractivity contribution is -0.124. The summed E-state index contributed by atoms with van der Waals surface area (Å²) in [5, 5.41) is 9.61. The highest BCUT2D eigenvalue weighted by atomic mass is 35.5. The van der Waals surface area contributed by atoms with Crippen LogP contribution >= 0.6 is 11.6 Å². The lowest BCUT2D eigenvalue weighted by Crippen LogP contribution is -2.47. The van der Waals surface area contributed by atoms with Gasteiger partial charge in [0.15, 0.2) is 11.5 Å². The van der Waals surface area contributed by atoms with Gasteiger partial charge in [-0.15, -0.1) is 0 Å². The first-order valence-electron chi connectivity index (χ1n) is 12.3. The molecule has 1 N–H and O–H groups in total. The number of amides is 2. The standard InChI is InChI=1S/C28H25ClF2N4O4/c1-38-25-14-17(9-12-24(25)39-28(30)31)16-32-34-13-5-4-8-23(34)27(37)35-21-7-3-2-6-19(21)26(36)33-20-15-18(29)10-11-22(20)35/h2-3,6-7,9-12,14-16,23,28H,4-5,8,13H2,1H3,(H,33,36)/b32-16+. The number of para-hydroxylation sites is 1. The monoisotopic (exact) mass is 554 g/mol. The molecule has 2 heterocycles. The van der Waals surface area contributed by atoms with Crippen LogP contribution in [0.1, 0.15) is 35.2 Å². The second-order valence-electron chi connectivity index (χ2n) is 9.01. The minimum absolute atomic E-state index is 0.0857. The molecule has 1 atom stereocenters. The summed E-state index contributed by atoms with van der Waals surface area (Å²) >= 11 is 6.21. The van der Waals surface area contributed by atoms with Crippen molar-refractivity contribution in [1.82, 2.24) is 5.01 Å². The molecule has 1 unspecified atom stereocenters. The van der Waals surface area contributed by atoms with Crippen LogP contribution in [0.4, 0.5) is 25.8 Å².